The fraction of sp³-hybridized carbons (Fsp3) is 0.360. The first-order valence-corrected chi connectivity index (χ1v) is 11.0. The summed E-state index contributed by atoms with van der Waals surface area (Å²) in [6.45, 7) is 5.11. The molecule has 0 aromatic heterocycles. The highest BCUT2D eigenvalue weighted by atomic mass is 16.5. The average Bonchev–Trinajstić information content (AvgIpc) is 3.48. The average molecular weight is 434 g/mol. The Morgan fingerprint density at radius 2 is 1.81 bits per heavy atom. The lowest BCUT2D eigenvalue weighted by Gasteiger charge is -2.33. The predicted octanol–water partition coefficient (Wildman–Crippen LogP) is 3.54. The van der Waals surface area contributed by atoms with Crippen molar-refractivity contribution in [3.63, 3.8) is 0 Å². The van der Waals surface area contributed by atoms with Gasteiger partial charge >= 0.3 is 6.03 Å². The van der Waals surface area contributed by atoms with Crippen LogP contribution in [0.25, 0.3) is 5.70 Å². The molecule has 7 heteroatoms. The lowest BCUT2D eigenvalue weighted by atomic mass is 9.89. The molecule has 1 aliphatic carbocycles. The van der Waals surface area contributed by atoms with E-state index in [2.05, 4.69) is 17.2 Å². The van der Waals surface area contributed by atoms with Gasteiger partial charge in [0, 0.05) is 17.8 Å². The first-order chi connectivity index (χ1) is 15.5. The Balaban J connectivity index is 1.41. The minimum Gasteiger partial charge on any atom is -0.497 e. The van der Waals surface area contributed by atoms with Gasteiger partial charge in [0.25, 0.3) is 5.91 Å². The summed E-state index contributed by atoms with van der Waals surface area (Å²) < 4.78 is 11.4. The van der Waals surface area contributed by atoms with E-state index in [1.165, 1.54) is 12.8 Å². The second-order valence-corrected chi connectivity index (χ2v) is 8.69. The number of urea groups is 1. The minimum absolute atomic E-state index is 0.257. The number of nitrogens with zero attached hydrogens (tertiary/aromatic N) is 1. The molecule has 2 heterocycles. The SMILES string of the molecule is C=C1c2cc(OC)ccc2CN1C[C@@]1(c2ccc(OC3CCCC3)cc2)NC(=O)NC1=O. The van der Waals surface area contributed by atoms with Crippen LogP contribution in [-0.4, -0.2) is 36.6 Å². The van der Waals surface area contributed by atoms with Gasteiger partial charge in [-0.05, 0) is 61.1 Å². The van der Waals surface area contributed by atoms with Crippen molar-refractivity contribution >= 4 is 17.6 Å². The first-order valence-electron chi connectivity index (χ1n) is 11.0. The number of fused-ring (bicyclic) bond motifs is 1. The molecule has 1 saturated heterocycles. The quantitative estimate of drug-likeness (QED) is 0.682. The van der Waals surface area contributed by atoms with Crippen LogP contribution in [0, 0.1) is 0 Å². The highest BCUT2D eigenvalue weighted by molar-refractivity contribution is 6.07. The Labute approximate surface area is 187 Å². The summed E-state index contributed by atoms with van der Waals surface area (Å²) in [5.74, 6) is 1.17. The van der Waals surface area contributed by atoms with Crippen molar-refractivity contribution in [1.29, 1.82) is 0 Å². The predicted molar refractivity (Wildman–Crippen MR) is 120 cm³/mol. The molecule has 0 spiro atoms. The minimum atomic E-state index is -1.21. The lowest BCUT2D eigenvalue weighted by molar-refractivity contribution is -0.124. The maximum absolute atomic E-state index is 13.0. The molecule has 166 valence electrons. The number of carbonyl (C=O) groups excluding carboxylic acids is 2. The molecule has 3 amide bonds. The van der Waals surface area contributed by atoms with Crippen molar-refractivity contribution in [3.8, 4) is 11.5 Å². The van der Waals surface area contributed by atoms with Crippen molar-refractivity contribution in [2.45, 2.75) is 43.9 Å². The lowest BCUT2D eigenvalue weighted by Crippen LogP contribution is -2.51. The number of nitrogens with one attached hydrogen (secondary N) is 2. The third kappa shape index (κ3) is 3.47. The Morgan fingerprint density at radius 1 is 1.09 bits per heavy atom. The molecule has 2 fully saturated rings. The van der Waals surface area contributed by atoms with Crippen LogP contribution in [0.2, 0.25) is 0 Å². The Morgan fingerprint density at radius 3 is 2.47 bits per heavy atom. The zero-order valence-corrected chi connectivity index (χ0v) is 18.1. The molecule has 0 radical (unpaired) electrons. The van der Waals surface area contributed by atoms with Gasteiger partial charge < -0.3 is 19.7 Å². The Bertz CT molecular complexity index is 1080. The zero-order valence-electron chi connectivity index (χ0n) is 18.1. The van der Waals surface area contributed by atoms with Gasteiger partial charge in [-0.1, -0.05) is 24.8 Å². The number of amides is 3. The summed E-state index contributed by atoms with van der Waals surface area (Å²) >= 11 is 0. The van der Waals surface area contributed by atoms with Crippen LogP contribution in [0.15, 0.2) is 49.0 Å². The van der Waals surface area contributed by atoms with E-state index in [9.17, 15) is 9.59 Å². The number of ether oxygens (including phenoxy) is 2. The van der Waals surface area contributed by atoms with Gasteiger partial charge in [0.05, 0.1) is 19.8 Å². The van der Waals surface area contributed by atoms with Crippen LogP contribution in [0.1, 0.15) is 42.4 Å². The van der Waals surface area contributed by atoms with Crippen LogP contribution < -0.4 is 20.1 Å². The maximum atomic E-state index is 13.0. The van der Waals surface area contributed by atoms with Gasteiger partial charge in [0.1, 0.15) is 11.5 Å². The fourth-order valence-electron chi connectivity index (χ4n) is 4.91. The van der Waals surface area contributed by atoms with Crippen LogP contribution in [0.3, 0.4) is 0 Å². The topological polar surface area (TPSA) is 79.9 Å². The number of imide groups is 1. The van der Waals surface area contributed by atoms with Gasteiger partial charge in [-0.25, -0.2) is 4.79 Å². The largest absolute Gasteiger partial charge is 0.497 e. The summed E-state index contributed by atoms with van der Waals surface area (Å²) in [5.41, 5.74) is 2.40. The molecule has 2 aromatic carbocycles. The van der Waals surface area contributed by atoms with Gasteiger partial charge in [0.2, 0.25) is 0 Å². The molecule has 2 aliphatic heterocycles. The third-order valence-corrected chi connectivity index (χ3v) is 6.69. The monoisotopic (exact) mass is 433 g/mol. The standard InChI is InChI=1S/C25H27N3O4/c1-16-22-13-21(31-2)10-7-17(22)14-28(16)15-25(23(29)26-24(30)27-25)18-8-11-20(12-9-18)32-19-5-3-4-6-19/h7-13,19H,1,3-6,14-15H2,2H3,(H2,26,27,29,30)/t25-/m0/s1. The smallest absolute Gasteiger partial charge is 0.322 e. The van der Waals surface area contributed by atoms with E-state index >= 15 is 0 Å². The fourth-order valence-corrected chi connectivity index (χ4v) is 4.91. The summed E-state index contributed by atoms with van der Waals surface area (Å²) in [6.07, 6.45) is 4.81. The Kier molecular flexibility index (Phi) is 5.04. The van der Waals surface area contributed by atoms with E-state index in [0.29, 0.717) is 12.1 Å². The number of hydrogen-bond donors (Lipinski definition) is 2. The molecule has 2 N–H and O–H groups in total. The van der Waals surface area contributed by atoms with Crippen LogP contribution >= 0.6 is 0 Å². The second-order valence-electron chi connectivity index (χ2n) is 8.69. The second kappa shape index (κ2) is 7.89. The zero-order chi connectivity index (χ0) is 22.3. The maximum Gasteiger partial charge on any atom is 0.322 e. The first kappa shape index (κ1) is 20.4. The molecule has 7 nitrogen and oxygen atoms in total. The van der Waals surface area contributed by atoms with Crippen molar-refractivity contribution in [1.82, 2.24) is 15.5 Å². The van der Waals surface area contributed by atoms with E-state index in [0.717, 1.165) is 41.2 Å². The summed E-state index contributed by atoms with van der Waals surface area (Å²) in [7, 11) is 1.63. The van der Waals surface area contributed by atoms with Crippen LogP contribution in [-0.2, 0) is 16.9 Å². The molecule has 0 bridgehead atoms. The molecule has 0 unspecified atom stereocenters. The van der Waals surface area contributed by atoms with Crippen LogP contribution in [0.5, 0.6) is 11.5 Å². The van der Waals surface area contributed by atoms with Gasteiger partial charge in [0.15, 0.2) is 5.54 Å². The number of hydrogen-bond acceptors (Lipinski definition) is 5. The van der Waals surface area contributed by atoms with E-state index in [1.54, 1.807) is 7.11 Å². The number of rotatable bonds is 6. The van der Waals surface area contributed by atoms with Gasteiger partial charge in [-0.2, -0.15) is 0 Å². The van der Waals surface area contributed by atoms with Crippen molar-refractivity contribution in [3.05, 3.63) is 65.7 Å². The molecule has 1 saturated carbocycles. The number of benzene rings is 2. The van der Waals surface area contributed by atoms with Crippen molar-refractivity contribution in [2.75, 3.05) is 13.7 Å². The van der Waals surface area contributed by atoms with Crippen molar-refractivity contribution < 1.29 is 19.1 Å². The van der Waals surface area contributed by atoms with Gasteiger partial charge in [-0.3, -0.25) is 10.1 Å². The summed E-state index contributed by atoms with van der Waals surface area (Å²) in [6, 6.07) is 12.9. The molecule has 5 rings (SSSR count). The summed E-state index contributed by atoms with van der Waals surface area (Å²) in [5, 5.41) is 5.29. The molecule has 2 aromatic rings. The Hall–Kier alpha value is -3.48. The highest BCUT2D eigenvalue weighted by Gasteiger charge is 2.49. The third-order valence-electron chi connectivity index (χ3n) is 6.69. The normalized spacial score (nSPS) is 22.7. The summed E-state index contributed by atoms with van der Waals surface area (Å²) in [4.78, 5) is 27.2. The van der Waals surface area contributed by atoms with Crippen molar-refractivity contribution in [2.24, 2.45) is 0 Å². The number of methoxy groups -OCH3 is 1. The van der Waals surface area contributed by atoms with Crippen LogP contribution in [0.4, 0.5) is 4.79 Å². The molecular formula is C25H27N3O4. The molecule has 3 aliphatic rings. The highest BCUT2D eigenvalue weighted by Crippen LogP contribution is 2.38. The molecular weight excluding hydrogens is 406 g/mol. The van der Waals surface area contributed by atoms with Gasteiger partial charge in [-0.15, -0.1) is 0 Å². The van der Waals surface area contributed by atoms with E-state index in [4.69, 9.17) is 9.47 Å². The van der Waals surface area contributed by atoms with E-state index in [1.807, 2.05) is 47.4 Å². The molecule has 1 atom stereocenters. The number of carbonyl (C=O) groups is 2. The van der Waals surface area contributed by atoms with E-state index in [-0.39, 0.29) is 18.6 Å². The molecule has 32 heavy (non-hydrogen) atoms. The van der Waals surface area contributed by atoms with E-state index < -0.39 is 11.6 Å².